The molecule has 0 atom stereocenters. The first-order chi connectivity index (χ1) is 9.70. The van der Waals surface area contributed by atoms with Crippen LogP contribution in [-0.4, -0.2) is 16.0 Å². The first-order valence-electron chi connectivity index (χ1n) is 6.78. The van der Waals surface area contributed by atoms with Crippen molar-refractivity contribution < 1.29 is 0 Å². The molecule has 3 rings (SSSR count). The zero-order valence-corrected chi connectivity index (χ0v) is 12.2. The van der Waals surface area contributed by atoms with Crippen molar-refractivity contribution in [3.8, 4) is 0 Å². The molecule has 1 aromatic heterocycles. The predicted molar refractivity (Wildman–Crippen MR) is 80.0 cm³/mol. The highest BCUT2D eigenvalue weighted by Gasteiger charge is 2.20. The van der Waals surface area contributed by atoms with Crippen molar-refractivity contribution in [1.82, 2.24) is 15.3 Å². The summed E-state index contributed by atoms with van der Waals surface area (Å²) in [5.41, 5.74) is 1.88. The van der Waals surface area contributed by atoms with Gasteiger partial charge in [-0.1, -0.05) is 30.0 Å². The number of hydrogen-bond donors (Lipinski definition) is 2. The van der Waals surface area contributed by atoms with E-state index in [1.165, 1.54) is 36.2 Å². The van der Waals surface area contributed by atoms with Gasteiger partial charge in [0, 0.05) is 29.2 Å². The maximum Gasteiger partial charge on any atom is 0.251 e. The van der Waals surface area contributed by atoms with Gasteiger partial charge in [-0.25, -0.2) is 4.98 Å². The Kier molecular flexibility index (Phi) is 3.89. The van der Waals surface area contributed by atoms with Crippen LogP contribution in [-0.2, 0) is 6.54 Å². The third-order valence-corrected chi connectivity index (χ3v) is 4.19. The first kappa shape index (κ1) is 13.4. The molecule has 2 aromatic rings. The molecule has 4 nitrogen and oxygen atoms in total. The van der Waals surface area contributed by atoms with E-state index in [1.54, 1.807) is 0 Å². The van der Waals surface area contributed by atoms with E-state index in [4.69, 9.17) is 0 Å². The van der Waals surface area contributed by atoms with E-state index < -0.39 is 0 Å². The molecule has 0 unspecified atom stereocenters. The van der Waals surface area contributed by atoms with Crippen molar-refractivity contribution in [1.29, 1.82) is 0 Å². The van der Waals surface area contributed by atoms with E-state index in [0.29, 0.717) is 11.2 Å². The summed E-state index contributed by atoms with van der Waals surface area (Å²) in [6.45, 7) is 2.70. The summed E-state index contributed by atoms with van der Waals surface area (Å²) in [5.74, 6) is 0. The third kappa shape index (κ3) is 3.49. The van der Waals surface area contributed by atoms with Gasteiger partial charge >= 0.3 is 0 Å². The average Bonchev–Trinajstić information content (AvgIpc) is 3.20. The van der Waals surface area contributed by atoms with E-state index in [9.17, 15) is 4.79 Å². The molecular weight excluding hydrogens is 270 g/mol. The number of benzene rings is 1. The molecule has 0 radical (unpaired) electrons. The van der Waals surface area contributed by atoms with Gasteiger partial charge in [0.25, 0.3) is 5.56 Å². The van der Waals surface area contributed by atoms with Crippen LogP contribution in [0.15, 0.2) is 45.2 Å². The molecule has 1 aromatic carbocycles. The standard InChI is InChI=1S/C15H17N3OS/c1-10-8-14(19)18-15(17-10)20-13-5-3-2-4-11(13)9-16-12-6-7-12/h2-5,8,12,16H,6-7,9H2,1H3,(H,17,18,19). The van der Waals surface area contributed by atoms with Gasteiger partial charge in [0.1, 0.15) is 0 Å². The van der Waals surface area contributed by atoms with Crippen LogP contribution in [0.2, 0.25) is 0 Å². The normalized spacial score (nSPS) is 14.4. The molecule has 0 bridgehead atoms. The molecule has 5 heteroatoms. The number of nitrogens with one attached hydrogen (secondary N) is 2. The summed E-state index contributed by atoms with van der Waals surface area (Å²) in [5, 5.41) is 4.16. The Hall–Kier alpha value is -1.59. The molecule has 1 heterocycles. The summed E-state index contributed by atoms with van der Waals surface area (Å²) >= 11 is 1.51. The number of H-pyrrole nitrogens is 1. The zero-order valence-electron chi connectivity index (χ0n) is 11.3. The molecule has 0 aliphatic heterocycles. The predicted octanol–water partition coefficient (Wildman–Crippen LogP) is 2.48. The number of nitrogens with zero attached hydrogens (tertiary/aromatic N) is 1. The molecule has 20 heavy (non-hydrogen) atoms. The Labute approximate surface area is 122 Å². The summed E-state index contributed by atoms with van der Waals surface area (Å²) in [6.07, 6.45) is 2.56. The summed E-state index contributed by atoms with van der Waals surface area (Å²) in [7, 11) is 0. The number of rotatable bonds is 5. The minimum atomic E-state index is -0.103. The fraction of sp³-hybridized carbons (Fsp3) is 0.333. The van der Waals surface area contributed by atoms with Gasteiger partial charge in [0.2, 0.25) is 0 Å². The van der Waals surface area contributed by atoms with Gasteiger partial charge in [0.05, 0.1) is 0 Å². The molecule has 0 amide bonds. The fourth-order valence-corrected chi connectivity index (χ4v) is 2.96. The van der Waals surface area contributed by atoms with Gasteiger partial charge in [-0.2, -0.15) is 0 Å². The lowest BCUT2D eigenvalue weighted by Crippen LogP contribution is -2.15. The fourth-order valence-electron chi connectivity index (χ4n) is 2.00. The number of aromatic amines is 1. The average molecular weight is 287 g/mol. The van der Waals surface area contributed by atoms with Gasteiger partial charge in [0.15, 0.2) is 5.16 Å². The van der Waals surface area contributed by atoms with Gasteiger partial charge in [-0.05, 0) is 31.4 Å². The van der Waals surface area contributed by atoms with Crippen molar-refractivity contribution in [2.24, 2.45) is 0 Å². The highest BCUT2D eigenvalue weighted by molar-refractivity contribution is 7.99. The van der Waals surface area contributed by atoms with Crippen LogP contribution in [0, 0.1) is 6.92 Å². The van der Waals surface area contributed by atoms with Crippen molar-refractivity contribution in [2.75, 3.05) is 0 Å². The van der Waals surface area contributed by atoms with Crippen molar-refractivity contribution in [3.05, 3.63) is 51.9 Å². The third-order valence-electron chi connectivity index (χ3n) is 3.19. The lowest BCUT2D eigenvalue weighted by atomic mass is 10.2. The Balaban J connectivity index is 1.79. The first-order valence-corrected chi connectivity index (χ1v) is 7.59. The van der Waals surface area contributed by atoms with Crippen LogP contribution in [0.4, 0.5) is 0 Å². The van der Waals surface area contributed by atoms with Crippen molar-refractivity contribution in [3.63, 3.8) is 0 Å². The second-order valence-electron chi connectivity index (χ2n) is 5.06. The van der Waals surface area contributed by atoms with E-state index in [1.807, 2.05) is 19.1 Å². The van der Waals surface area contributed by atoms with Crippen LogP contribution >= 0.6 is 11.8 Å². The summed E-state index contributed by atoms with van der Waals surface area (Å²) in [4.78, 5) is 19.8. The Morgan fingerprint density at radius 1 is 1.40 bits per heavy atom. The molecule has 1 aliphatic rings. The monoisotopic (exact) mass is 287 g/mol. The molecule has 104 valence electrons. The molecule has 2 N–H and O–H groups in total. The van der Waals surface area contributed by atoms with E-state index >= 15 is 0 Å². The minimum absolute atomic E-state index is 0.103. The van der Waals surface area contributed by atoms with E-state index in [0.717, 1.165) is 17.1 Å². The van der Waals surface area contributed by atoms with E-state index in [2.05, 4.69) is 27.4 Å². The minimum Gasteiger partial charge on any atom is -0.310 e. The van der Waals surface area contributed by atoms with E-state index in [-0.39, 0.29) is 5.56 Å². The van der Waals surface area contributed by atoms with Crippen LogP contribution in [0.25, 0.3) is 0 Å². The lowest BCUT2D eigenvalue weighted by molar-refractivity contribution is 0.680. The number of hydrogen-bond acceptors (Lipinski definition) is 4. The smallest absolute Gasteiger partial charge is 0.251 e. The largest absolute Gasteiger partial charge is 0.310 e. The molecule has 1 fully saturated rings. The van der Waals surface area contributed by atoms with Crippen LogP contribution in [0.5, 0.6) is 0 Å². The Morgan fingerprint density at radius 3 is 2.95 bits per heavy atom. The van der Waals surface area contributed by atoms with Crippen molar-refractivity contribution in [2.45, 2.75) is 42.4 Å². The van der Waals surface area contributed by atoms with Gasteiger partial charge in [-0.3, -0.25) is 4.79 Å². The summed E-state index contributed by atoms with van der Waals surface area (Å²) in [6, 6.07) is 10.4. The Morgan fingerprint density at radius 2 is 2.20 bits per heavy atom. The lowest BCUT2D eigenvalue weighted by Gasteiger charge is -2.09. The molecule has 1 aliphatic carbocycles. The van der Waals surface area contributed by atoms with Crippen LogP contribution < -0.4 is 10.9 Å². The van der Waals surface area contributed by atoms with Crippen molar-refractivity contribution >= 4 is 11.8 Å². The highest BCUT2D eigenvalue weighted by atomic mass is 32.2. The maximum absolute atomic E-state index is 11.5. The summed E-state index contributed by atoms with van der Waals surface area (Å²) < 4.78 is 0. The van der Waals surface area contributed by atoms with Crippen LogP contribution in [0.3, 0.4) is 0 Å². The second-order valence-corrected chi connectivity index (χ2v) is 6.09. The number of aromatic nitrogens is 2. The SMILES string of the molecule is Cc1cc(=O)[nH]c(Sc2ccccc2CNC2CC2)n1. The molecular formula is C15H17N3OS. The highest BCUT2D eigenvalue weighted by Crippen LogP contribution is 2.28. The number of aryl methyl sites for hydroxylation is 1. The van der Waals surface area contributed by atoms with Gasteiger partial charge < -0.3 is 10.3 Å². The molecule has 1 saturated carbocycles. The maximum atomic E-state index is 11.5. The second kappa shape index (κ2) is 5.81. The topological polar surface area (TPSA) is 57.8 Å². The zero-order chi connectivity index (χ0) is 13.9. The van der Waals surface area contributed by atoms with Crippen LogP contribution in [0.1, 0.15) is 24.1 Å². The Bertz CT molecular complexity index is 664. The molecule has 0 saturated heterocycles. The molecule has 0 spiro atoms. The van der Waals surface area contributed by atoms with Gasteiger partial charge in [-0.15, -0.1) is 0 Å². The quantitative estimate of drug-likeness (QED) is 0.830.